The highest BCUT2D eigenvalue weighted by atomic mass is 35.5. The summed E-state index contributed by atoms with van der Waals surface area (Å²) in [7, 11) is 3.92. The van der Waals surface area contributed by atoms with Crippen LogP contribution in [0.4, 0.5) is 37.8 Å². The highest BCUT2D eigenvalue weighted by Gasteiger charge is 2.38. The van der Waals surface area contributed by atoms with Gasteiger partial charge in [0.2, 0.25) is 0 Å². The zero-order valence-electron chi connectivity index (χ0n) is 21.7. The number of nitrogens with one attached hydrogen (secondary N) is 2. The molecule has 0 amide bonds. The van der Waals surface area contributed by atoms with Crippen molar-refractivity contribution < 1.29 is 31.1 Å². The van der Waals surface area contributed by atoms with E-state index < -0.39 is 28.9 Å². The summed E-state index contributed by atoms with van der Waals surface area (Å²) in [6, 6.07) is 3.13. The molecule has 39 heavy (non-hydrogen) atoms. The summed E-state index contributed by atoms with van der Waals surface area (Å²) in [5, 5.41) is 12.9. The molecule has 2 aromatic heterocycles. The standard InChI is InChI=1S/C14H17ClN4S.C12H10F6O/c1-4-17-14-10(7-16)12(9-5-6-20-13(9)15)11(8-18-14)19(2)3;1-10(2,6-19)7-3-8(11(13,14)15)5-9(4-7)12(16,17)18/h5-8,16H,4H2,1-3H3,(H,17,18);3-6H,1-2H3. The fraction of sp³-hybridized carbons (Fsp3) is 0.346. The Morgan fingerprint density at radius 2 is 1.59 bits per heavy atom. The quantitative estimate of drug-likeness (QED) is 0.165. The van der Waals surface area contributed by atoms with Gasteiger partial charge in [0, 0.05) is 49.0 Å². The van der Waals surface area contributed by atoms with E-state index in [-0.39, 0.29) is 11.6 Å². The van der Waals surface area contributed by atoms with Gasteiger partial charge >= 0.3 is 12.4 Å². The number of pyridine rings is 1. The van der Waals surface area contributed by atoms with Gasteiger partial charge in [0.25, 0.3) is 0 Å². The summed E-state index contributed by atoms with van der Waals surface area (Å²) in [5.41, 5.74) is -1.00. The number of hydrogen-bond acceptors (Lipinski definition) is 6. The molecule has 0 fully saturated rings. The monoisotopic (exact) mass is 592 g/mol. The van der Waals surface area contributed by atoms with Crippen molar-refractivity contribution in [3.63, 3.8) is 0 Å². The van der Waals surface area contributed by atoms with Crippen molar-refractivity contribution in [3.8, 4) is 11.1 Å². The summed E-state index contributed by atoms with van der Waals surface area (Å²) in [4.78, 5) is 17.2. The van der Waals surface area contributed by atoms with E-state index in [1.807, 2.05) is 43.6 Å². The molecule has 0 saturated heterocycles. The Bertz CT molecular complexity index is 1290. The molecule has 3 aromatic rings. The molecular formula is C26H27ClF6N4OS. The Labute approximate surface area is 231 Å². The average Bonchev–Trinajstić information content (AvgIpc) is 3.28. The van der Waals surface area contributed by atoms with Crippen molar-refractivity contribution in [2.75, 3.05) is 30.9 Å². The largest absolute Gasteiger partial charge is 0.416 e. The number of aromatic nitrogens is 1. The summed E-state index contributed by atoms with van der Waals surface area (Å²) < 4.78 is 76.2. The van der Waals surface area contributed by atoms with Crippen LogP contribution in [0, 0.1) is 5.41 Å². The first kappa shape index (κ1) is 32.1. The molecule has 0 atom stereocenters. The van der Waals surface area contributed by atoms with E-state index >= 15 is 0 Å². The van der Waals surface area contributed by atoms with E-state index in [0.717, 1.165) is 33.3 Å². The first-order valence-corrected chi connectivity index (χ1v) is 12.7. The smallest absolute Gasteiger partial charge is 0.376 e. The molecule has 0 radical (unpaired) electrons. The van der Waals surface area contributed by atoms with Gasteiger partial charge in [-0.05, 0) is 56.0 Å². The van der Waals surface area contributed by atoms with Crippen LogP contribution in [0.2, 0.25) is 4.34 Å². The number of thiophene rings is 1. The molecule has 0 saturated carbocycles. The van der Waals surface area contributed by atoms with E-state index in [1.54, 1.807) is 0 Å². The second-order valence-corrected chi connectivity index (χ2v) is 10.6. The van der Waals surface area contributed by atoms with Gasteiger partial charge in [-0.25, -0.2) is 4.98 Å². The predicted octanol–water partition coefficient (Wildman–Crippen LogP) is 8.16. The maximum atomic E-state index is 12.6. The van der Waals surface area contributed by atoms with E-state index in [2.05, 4.69) is 10.3 Å². The number of benzene rings is 1. The minimum Gasteiger partial charge on any atom is -0.376 e. The molecular weight excluding hydrogens is 566 g/mol. The van der Waals surface area contributed by atoms with Crippen LogP contribution in [0.3, 0.4) is 0 Å². The maximum Gasteiger partial charge on any atom is 0.416 e. The fourth-order valence-corrected chi connectivity index (χ4v) is 4.39. The molecule has 2 N–H and O–H groups in total. The third-order valence-electron chi connectivity index (χ3n) is 5.58. The zero-order valence-corrected chi connectivity index (χ0v) is 23.3. The van der Waals surface area contributed by atoms with Crippen molar-refractivity contribution in [3.05, 3.63) is 62.4 Å². The molecule has 5 nitrogen and oxygen atoms in total. The van der Waals surface area contributed by atoms with Gasteiger partial charge in [-0.2, -0.15) is 26.3 Å². The minimum atomic E-state index is -4.91. The number of carbonyl (C=O) groups is 1. The lowest BCUT2D eigenvalue weighted by Gasteiger charge is -2.21. The lowest BCUT2D eigenvalue weighted by atomic mass is 9.84. The number of nitrogens with zero attached hydrogens (tertiary/aromatic N) is 2. The summed E-state index contributed by atoms with van der Waals surface area (Å²) in [6.07, 6.45) is -6.36. The van der Waals surface area contributed by atoms with Gasteiger partial charge < -0.3 is 20.4 Å². The van der Waals surface area contributed by atoms with Crippen molar-refractivity contribution in [2.24, 2.45) is 0 Å². The molecule has 0 spiro atoms. The van der Waals surface area contributed by atoms with Crippen molar-refractivity contribution in [1.82, 2.24) is 4.98 Å². The SMILES string of the molecule is CC(C)(C=O)c1cc(C(F)(F)F)cc(C(F)(F)F)c1.CCNc1ncc(N(C)C)c(-c2ccsc2Cl)c1C=N. The first-order valence-electron chi connectivity index (χ1n) is 11.4. The summed E-state index contributed by atoms with van der Waals surface area (Å²) in [5.74, 6) is 0.713. The Morgan fingerprint density at radius 3 is 1.97 bits per heavy atom. The normalized spacial score (nSPS) is 11.9. The number of anilines is 2. The zero-order chi connectivity index (χ0) is 29.8. The van der Waals surface area contributed by atoms with E-state index in [1.165, 1.54) is 31.4 Å². The van der Waals surface area contributed by atoms with Gasteiger partial charge in [-0.15, -0.1) is 11.3 Å². The second-order valence-electron chi connectivity index (χ2n) is 9.09. The molecule has 3 rings (SSSR count). The number of aldehydes is 1. The third kappa shape index (κ3) is 7.72. The molecule has 0 unspecified atom stereocenters. The summed E-state index contributed by atoms with van der Waals surface area (Å²) >= 11 is 7.78. The Hall–Kier alpha value is -3.12. The van der Waals surface area contributed by atoms with E-state index in [4.69, 9.17) is 17.0 Å². The van der Waals surface area contributed by atoms with Crippen LogP contribution in [0.15, 0.2) is 35.8 Å². The maximum absolute atomic E-state index is 12.6. The van der Waals surface area contributed by atoms with Crippen LogP contribution in [-0.2, 0) is 22.6 Å². The first-order chi connectivity index (χ1) is 18.0. The molecule has 13 heteroatoms. The number of carbonyl (C=O) groups excluding carboxylic acids is 1. The molecule has 0 bridgehead atoms. The minimum absolute atomic E-state index is 0.0321. The van der Waals surface area contributed by atoms with E-state index in [0.29, 0.717) is 24.2 Å². The number of alkyl halides is 6. The van der Waals surface area contributed by atoms with Crippen LogP contribution in [-0.4, -0.2) is 38.1 Å². The average molecular weight is 593 g/mol. The van der Waals surface area contributed by atoms with E-state index in [9.17, 15) is 31.1 Å². The Kier molecular flexibility index (Phi) is 10.2. The van der Waals surface area contributed by atoms with Crippen LogP contribution >= 0.6 is 22.9 Å². The van der Waals surface area contributed by atoms with Crippen LogP contribution in [0.25, 0.3) is 11.1 Å². The fourth-order valence-electron chi connectivity index (χ4n) is 3.45. The van der Waals surface area contributed by atoms with Crippen molar-refractivity contribution >= 4 is 46.9 Å². The van der Waals surface area contributed by atoms with Crippen molar-refractivity contribution in [2.45, 2.75) is 38.5 Å². The van der Waals surface area contributed by atoms with Gasteiger partial charge in [0.05, 0.1) is 23.0 Å². The highest BCUT2D eigenvalue weighted by Crippen LogP contribution is 2.41. The Morgan fingerprint density at radius 1 is 1.05 bits per heavy atom. The number of rotatable bonds is 7. The molecule has 0 aliphatic rings. The lowest BCUT2D eigenvalue weighted by molar-refractivity contribution is -0.143. The topological polar surface area (TPSA) is 69.1 Å². The number of hydrogen-bond donors (Lipinski definition) is 2. The molecule has 1 aromatic carbocycles. The van der Waals surface area contributed by atoms with Gasteiger partial charge in [0.15, 0.2) is 0 Å². The van der Waals surface area contributed by atoms with Gasteiger partial charge in [-0.1, -0.05) is 11.6 Å². The summed E-state index contributed by atoms with van der Waals surface area (Å²) in [6.45, 7) is 5.25. The van der Waals surface area contributed by atoms with Gasteiger partial charge in [0.1, 0.15) is 16.4 Å². The third-order valence-corrected chi connectivity index (χ3v) is 6.75. The molecule has 2 heterocycles. The highest BCUT2D eigenvalue weighted by molar-refractivity contribution is 7.15. The predicted molar refractivity (Wildman–Crippen MR) is 144 cm³/mol. The molecule has 0 aliphatic heterocycles. The second kappa shape index (κ2) is 12.4. The molecule has 212 valence electrons. The Balaban J connectivity index is 0.000000274. The van der Waals surface area contributed by atoms with Crippen LogP contribution in [0.5, 0.6) is 0 Å². The molecule has 0 aliphatic carbocycles. The van der Waals surface area contributed by atoms with Crippen LogP contribution in [0.1, 0.15) is 43.0 Å². The number of halogens is 7. The van der Waals surface area contributed by atoms with Crippen molar-refractivity contribution in [1.29, 1.82) is 5.41 Å². The van der Waals surface area contributed by atoms with Crippen LogP contribution < -0.4 is 10.2 Å². The lowest BCUT2D eigenvalue weighted by Crippen LogP contribution is -2.21. The van der Waals surface area contributed by atoms with Gasteiger partial charge in [-0.3, -0.25) is 0 Å².